The molecule has 0 aliphatic carbocycles. The molecule has 0 saturated heterocycles. The van der Waals surface area contributed by atoms with Crippen molar-refractivity contribution in [3.05, 3.63) is 87.5 Å². The molecule has 0 atom stereocenters. The number of aryl methyl sites for hydroxylation is 2. The number of nitro benzene ring substituents is 1. The fourth-order valence-electron chi connectivity index (χ4n) is 2.95. The van der Waals surface area contributed by atoms with E-state index in [2.05, 4.69) is 17.2 Å². The molecule has 0 aliphatic rings. The molecule has 0 spiro atoms. The number of hydrogen-bond donors (Lipinski definition) is 1. The third-order valence-electron chi connectivity index (χ3n) is 4.45. The summed E-state index contributed by atoms with van der Waals surface area (Å²) in [7, 11) is 1.70. The molecule has 1 heterocycles. The largest absolute Gasteiger partial charge is 0.375 e. The Bertz CT molecular complexity index is 994. The molecule has 0 unspecified atom stereocenters. The van der Waals surface area contributed by atoms with Crippen LogP contribution in [0.4, 0.5) is 11.4 Å². The van der Waals surface area contributed by atoms with Crippen LogP contribution in [-0.2, 0) is 20.0 Å². The Morgan fingerprint density at radius 2 is 1.96 bits per heavy atom. The van der Waals surface area contributed by atoms with E-state index in [0.717, 1.165) is 12.0 Å². The molecular weight excluding hydrogens is 344 g/mol. The summed E-state index contributed by atoms with van der Waals surface area (Å²) in [5, 5.41) is 14.6. The number of imidazole rings is 1. The number of anilines is 1. The molecule has 0 fully saturated rings. The summed E-state index contributed by atoms with van der Waals surface area (Å²) in [5.41, 5.74) is 2.75. The SMILES string of the molecule is CCc1ccccc1CNc1ccc(C(=O)c2nccn2C)cc1[N+](=O)[O-]. The first-order valence-corrected chi connectivity index (χ1v) is 8.62. The average Bonchev–Trinajstić information content (AvgIpc) is 3.11. The summed E-state index contributed by atoms with van der Waals surface area (Å²) in [4.78, 5) is 27.6. The highest BCUT2D eigenvalue weighted by atomic mass is 16.6. The number of carbonyl (C=O) groups excluding carboxylic acids is 1. The Labute approximate surface area is 156 Å². The van der Waals surface area contributed by atoms with Gasteiger partial charge in [-0.3, -0.25) is 14.9 Å². The van der Waals surface area contributed by atoms with Gasteiger partial charge in [-0.1, -0.05) is 31.2 Å². The van der Waals surface area contributed by atoms with E-state index in [4.69, 9.17) is 0 Å². The van der Waals surface area contributed by atoms with Gasteiger partial charge in [-0.2, -0.15) is 0 Å². The van der Waals surface area contributed by atoms with Crippen molar-refractivity contribution in [3.8, 4) is 0 Å². The predicted molar refractivity (Wildman–Crippen MR) is 103 cm³/mol. The molecule has 1 N–H and O–H groups in total. The Balaban J connectivity index is 1.87. The average molecular weight is 364 g/mol. The van der Waals surface area contributed by atoms with Crippen LogP contribution in [0.5, 0.6) is 0 Å². The molecule has 3 rings (SSSR count). The number of benzene rings is 2. The lowest BCUT2D eigenvalue weighted by Crippen LogP contribution is -2.10. The van der Waals surface area contributed by atoms with Gasteiger partial charge in [0.05, 0.1) is 4.92 Å². The second kappa shape index (κ2) is 7.82. The second-order valence-corrected chi connectivity index (χ2v) is 6.16. The van der Waals surface area contributed by atoms with Gasteiger partial charge in [-0.25, -0.2) is 4.98 Å². The van der Waals surface area contributed by atoms with Crippen LogP contribution in [0.1, 0.15) is 34.2 Å². The third-order valence-corrected chi connectivity index (χ3v) is 4.45. The minimum Gasteiger partial charge on any atom is -0.375 e. The molecule has 3 aromatic rings. The summed E-state index contributed by atoms with van der Waals surface area (Å²) in [6.45, 7) is 2.54. The van der Waals surface area contributed by atoms with Gasteiger partial charge in [0.1, 0.15) is 5.69 Å². The van der Waals surface area contributed by atoms with E-state index in [1.54, 1.807) is 29.9 Å². The topological polar surface area (TPSA) is 90.1 Å². The highest BCUT2D eigenvalue weighted by molar-refractivity contribution is 6.07. The first kappa shape index (κ1) is 18.3. The van der Waals surface area contributed by atoms with E-state index >= 15 is 0 Å². The Hall–Kier alpha value is -3.48. The van der Waals surface area contributed by atoms with E-state index in [-0.39, 0.29) is 22.9 Å². The zero-order valence-corrected chi connectivity index (χ0v) is 15.2. The van der Waals surface area contributed by atoms with Crippen molar-refractivity contribution in [3.63, 3.8) is 0 Å². The fraction of sp³-hybridized carbons (Fsp3) is 0.200. The molecule has 0 radical (unpaired) electrons. The van der Waals surface area contributed by atoms with Gasteiger partial charge in [0.25, 0.3) is 5.69 Å². The number of aromatic nitrogens is 2. The number of ketones is 1. The maximum atomic E-state index is 12.6. The van der Waals surface area contributed by atoms with Crippen molar-refractivity contribution >= 4 is 17.2 Å². The van der Waals surface area contributed by atoms with Crippen LogP contribution in [-0.4, -0.2) is 20.3 Å². The molecule has 27 heavy (non-hydrogen) atoms. The number of rotatable bonds is 7. The van der Waals surface area contributed by atoms with Crippen molar-refractivity contribution in [1.82, 2.24) is 9.55 Å². The molecule has 0 amide bonds. The highest BCUT2D eigenvalue weighted by Gasteiger charge is 2.20. The number of nitro groups is 1. The zero-order valence-electron chi connectivity index (χ0n) is 15.2. The van der Waals surface area contributed by atoms with Crippen LogP contribution in [0.15, 0.2) is 54.9 Å². The van der Waals surface area contributed by atoms with Crippen LogP contribution in [0.3, 0.4) is 0 Å². The maximum Gasteiger partial charge on any atom is 0.293 e. The smallest absolute Gasteiger partial charge is 0.293 e. The number of nitrogens with zero attached hydrogens (tertiary/aromatic N) is 3. The van der Waals surface area contributed by atoms with Crippen molar-refractivity contribution in [2.45, 2.75) is 19.9 Å². The van der Waals surface area contributed by atoms with E-state index in [1.165, 1.54) is 17.8 Å². The van der Waals surface area contributed by atoms with Crippen molar-refractivity contribution in [1.29, 1.82) is 0 Å². The summed E-state index contributed by atoms with van der Waals surface area (Å²) in [5.74, 6) is -0.115. The lowest BCUT2D eigenvalue weighted by molar-refractivity contribution is -0.384. The number of carbonyl (C=O) groups is 1. The van der Waals surface area contributed by atoms with Crippen LogP contribution in [0.25, 0.3) is 0 Å². The molecule has 0 aliphatic heterocycles. The van der Waals surface area contributed by atoms with E-state index in [0.29, 0.717) is 12.2 Å². The molecule has 138 valence electrons. The van der Waals surface area contributed by atoms with Crippen molar-refractivity contribution < 1.29 is 9.72 Å². The fourth-order valence-corrected chi connectivity index (χ4v) is 2.95. The first-order valence-electron chi connectivity index (χ1n) is 8.62. The van der Waals surface area contributed by atoms with Crippen LogP contribution in [0.2, 0.25) is 0 Å². The maximum absolute atomic E-state index is 12.6. The Kier molecular flexibility index (Phi) is 5.30. The quantitative estimate of drug-likeness (QED) is 0.392. The second-order valence-electron chi connectivity index (χ2n) is 6.16. The number of hydrogen-bond acceptors (Lipinski definition) is 5. The lowest BCUT2D eigenvalue weighted by atomic mass is 10.0. The van der Waals surface area contributed by atoms with Gasteiger partial charge in [0.2, 0.25) is 5.78 Å². The first-order chi connectivity index (χ1) is 13.0. The van der Waals surface area contributed by atoms with Crippen molar-refractivity contribution in [2.75, 3.05) is 5.32 Å². The molecule has 7 heteroatoms. The van der Waals surface area contributed by atoms with Gasteiger partial charge < -0.3 is 9.88 Å². The molecule has 2 aromatic carbocycles. The summed E-state index contributed by atoms with van der Waals surface area (Å²) >= 11 is 0. The Morgan fingerprint density at radius 3 is 2.59 bits per heavy atom. The van der Waals surface area contributed by atoms with E-state index in [1.807, 2.05) is 24.3 Å². The van der Waals surface area contributed by atoms with Crippen molar-refractivity contribution in [2.24, 2.45) is 7.05 Å². The van der Waals surface area contributed by atoms with Crippen LogP contribution in [0, 0.1) is 10.1 Å². The van der Waals surface area contributed by atoms with Crippen LogP contribution >= 0.6 is 0 Å². The molecule has 0 bridgehead atoms. The summed E-state index contributed by atoms with van der Waals surface area (Å²) in [6, 6.07) is 12.4. The third kappa shape index (κ3) is 3.87. The minimum atomic E-state index is -0.483. The van der Waals surface area contributed by atoms with Gasteiger partial charge in [0, 0.05) is 37.6 Å². The molecular formula is C20H20N4O3. The molecule has 7 nitrogen and oxygen atoms in total. The van der Waals surface area contributed by atoms with Gasteiger partial charge in [-0.15, -0.1) is 0 Å². The standard InChI is InChI=1S/C20H20N4O3/c1-3-14-6-4-5-7-16(14)13-22-17-9-8-15(12-18(17)24(26)27)19(25)20-21-10-11-23(20)2/h4-12,22H,3,13H2,1-2H3. The van der Waals surface area contributed by atoms with E-state index in [9.17, 15) is 14.9 Å². The summed E-state index contributed by atoms with van der Waals surface area (Å²) < 4.78 is 1.59. The predicted octanol–water partition coefficient (Wildman–Crippen LogP) is 3.73. The zero-order chi connectivity index (χ0) is 19.4. The van der Waals surface area contributed by atoms with Gasteiger partial charge in [0.15, 0.2) is 5.82 Å². The summed E-state index contributed by atoms with van der Waals surface area (Å²) in [6.07, 6.45) is 4.06. The monoisotopic (exact) mass is 364 g/mol. The highest BCUT2D eigenvalue weighted by Crippen LogP contribution is 2.27. The Morgan fingerprint density at radius 1 is 1.22 bits per heavy atom. The molecule has 0 saturated carbocycles. The van der Waals surface area contributed by atoms with Gasteiger partial charge >= 0.3 is 0 Å². The van der Waals surface area contributed by atoms with Crippen LogP contribution < -0.4 is 5.32 Å². The lowest BCUT2D eigenvalue weighted by Gasteiger charge is -2.11. The minimum absolute atomic E-state index is 0.135. The van der Waals surface area contributed by atoms with E-state index < -0.39 is 4.92 Å². The molecule has 1 aromatic heterocycles. The number of nitrogens with one attached hydrogen (secondary N) is 1. The van der Waals surface area contributed by atoms with Gasteiger partial charge in [-0.05, 0) is 29.7 Å². The normalized spacial score (nSPS) is 10.6.